The quantitative estimate of drug-likeness (QED) is 0.645. The highest BCUT2D eigenvalue weighted by atomic mass is 16.3. The summed E-state index contributed by atoms with van der Waals surface area (Å²) >= 11 is 0. The summed E-state index contributed by atoms with van der Waals surface area (Å²) in [6, 6.07) is 8.39. The first-order valence-corrected chi connectivity index (χ1v) is 6.10. The summed E-state index contributed by atoms with van der Waals surface area (Å²) in [5, 5.41) is 37.4. The van der Waals surface area contributed by atoms with Gasteiger partial charge in [0.25, 0.3) is 0 Å². The number of hydrogen-bond donors (Lipinski definition) is 4. The molecular weight excluding hydrogens is 272 g/mol. The van der Waals surface area contributed by atoms with Gasteiger partial charge < -0.3 is 20.4 Å². The maximum absolute atomic E-state index is 9.54. The van der Waals surface area contributed by atoms with Crippen LogP contribution in [-0.4, -0.2) is 39.5 Å². The van der Waals surface area contributed by atoms with Crippen molar-refractivity contribution in [2.24, 2.45) is 9.98 Å². The molecule has 6 heteroatoms. The lowest BCUT2D eigenvalue weighted by Crippen LogP contribution is -1.86. The van der Waals surface area contributed by atoms with Crippen LogP contribution in [-0.2, 0) is 0 Å². The number of nitrogens with zero attached hydrogens (tertiary/aromatic N) is 2. The second-order valence-electron chi connectivity index (χ2n) is 4.25. The Hall–Kier alpha value is -3.02. The first-order chi connectivity index (χ1) is 10.1. The smallest absolute Gasteiger partial charge is 0.129 e. The highest BCUT2D eigenvalue weighted by Crippen LogP contribution is 2.21. The van der Waals surface area contributed by atoms with Gasteiger partial charge in [-0.1, -0.05) is 0 Å². The van der Waals surface area contributed by atoms with Gasteiger partial charge in [-0.05, 0) is 24.3 Å². The lowest BCUT2D eigenvalue weighted by molar-refractivity contribution is 0.449. The largest absolute Gasteiger partial charge is 0.508 e. The van der Waals surface area contributed by atoms with E-state index >= 15 is 0 Å². The molecule has 2 rings (SSSR count). The molecule has 0 heterocycles. The fourth-order valence-electron chi connectivity index (χ4n) is 1.61. The molecule has 0 saturated heterocycles. The van der Waals surface area contributed by atoms with Gasteiger partial charge in [0.1, 0.15) is 29.7 Å². The molecule has 0 amide bonds. The van der Waals surface area contributed by atoms with E-state index in [0.717, 1.165) is 0 Å². The number of rotatable bonds is 4. The van der Waals surface area contributed by atoms with Crippen molar-refractivity contribution in [1.82, 2.24) is 0 Å². The third-order valence-corrected chi connectivity index (χ3v) is 2.65. The monoisotopic (exact) mass is 286 g/mol. The minimum absolute atomic E-state index is 0.0227. The Morgan fingerprint density at radius 2 is 1.14 bits per heavy atom. The summed E-state index contributed by atoms with van der Waals surface area (Å²) in [6.07, 6.45) is 2.87. The van der Waals surface area contributed by atoms with E-state index in [-0.39, 0.29) is 29.7 Å². The molecule has 21 heavy (non-hydrogen) atoms. The number of aromatic hydroxyl groups is 4. The molecule has 2 aromatic rings. The fourth-order valence-corrected chi connectivity index (χ4v) is 1.61. The number of phenols is 4. The second-order valence-corrected chi connectivity index (χ2v) is 4.25. The lowest BCUT2D eigenvalue weighted by atomic mass is 10.2. The van der Waals surface area contributed by atoms with Crippen molar-refractivity contribution in [2.45, 2.75) is 0 Å². The van der Waals surface area contributed by atoms with E-state index in [0.29, 0.717) is 11.1 Å². The Balaban J connectivity index is 1.97. The summed E-state index contributed by atoms with van der Waals surface area (Å²) < 4.78 is 0. The van der Waals surface area contributed by atoms with Gasteiger partial charge in [0.15, 0.2) is 0 Å². The van der Waals surface area contributed by atoms with Crippen LogP contribution in [0.4, 0.5) is 0 Å². The van der Waals surface area contributed by atoms with Gasteiger partial charge in [-0.3, -0.25) is 9.98 Å². The van der Waals surface area contributed by atoms with E-state index in [4.69, 9.17) is 10.2 Å². The summed E-state index contributed by atoms with van der Waals surface area (Å²) in [7, 11) is 0. The number of benzene rings is 2. The summed E-state index contributed by atoms with van der Waals surface area (Å²) in [6.45, 7) is 0.112. The molecule has 0 radical (unpaired) electrons. The zero-order valence-electron chi connectivity index (χ0n) is 11.0. The minimum atomic E-state index is -0.0705. The molecule has 6 nitrogen and oxygen atoms in total. The molecule has 0 aliphatic carbocycles. The molecule has 4 N–H and O–H groups in total. The number of aliphatic imine (C=N–C) groups is 2. The van der Waals surface area contributed by atoms with Crippen LogP contribution < -0.4 is 0 Å². The summed E-state index contributed by atoms with van der Waals surface area (Å²) in [4.78, 5) is 8.00. The normalized spacial score (nSPS) is 11.4. The van der Waals surface area contributed by atoms with Crippen molar-refractivity contribution in [3.05, 3.63) is 47.5 Å². The van der Waals surface area contributed by atoms with Crippen LogP contribution in [0.25, 0.3) is 0 Å². The Kier molecular flexibility index (Phi) is 4.40. The molecule has 0 spiro atoms. The van der Waals surface area contributed by atoms with E-state index in [1.54, 1.807) is 0 Å². The van der Waals surface area contributed by atoms with Crippen molar-refractivity contribution < 1.29 is 20.4 Å². The Morgan fingerprint density at radius 3 is 1.52 bits per heavy atom. The number of hydrogen-bond acceptors (Lipinski definition) is 6. The van der Waals surface area contributed by atoms with Crippen molar-refractivity contribution in [3.8, 4) is 23.0 Å². The third-order valence-electron chi connectivity index (χ3n) is 2.65. The van der Waals surface area contributed by atoms with Gasteiger partial charge in [0, 0.05) is 35.7 Å². The van der Waals surface area contributed by atoms with Crippen LogP contribution in [0.2, 0.25) is 0 Å². The fraction of sp³-hybridized carbons (Fsp3) is 0.0667. The molecule has 0 bridgehead atoms. The van der Waals surface area contributed by atoms with Crippen LogP contribution in [0.1, 0.15) is 11.1 Å². The molecule has 0 aliphatic rings. The summed E-state index contributed by atoms with van der Waals surface area (Å²) in [5.74, 6) is -0.186. The van der Waals surface area contributed by atoms with E-state index < -0.39 is 0 Å². The van der Waals surface area contributed by atoms with Gasteiger partial charge in [0.2, 0.25) is 0 Å². The zero-order valence-corrected chi connectivity index (χ0v) is 11.0. The maximum atomic E-state index is 9.54. The van der Waals surface area contributed by atoms with Crippen LogP contribution in [0.3, 0.4) is 0 Å². The van der Waals surface area contributed by atoms with Crippen LogP contribution in [0, 0.1) is 0 Å². The van der Waals surface area contributed by atoms with Crippen LogP contribution in [0.15, 0.2) is 46.4 Å². The zero-order chi connectivity index (χ0) is 15.2. The van der Waals surface area contributed by atoms with E-state index in [2.05, 4.69) is 9.98 Å². The predicted molar refractivity (Wildman–Crippen MR) is 79.6 cm³/mol. The van der Waals surface area contributed by atoms with Crippen LogP contribution in [0.5, 0.6) is 23.0 Å². The van der Waals surface area contributed by atoms with Gasteiger partial charge in [0.05, 0.1) is 0 Å². The second kappa shape index (κ2) is 6.42. The van der Waals surface area contributed by atoms with Crippen molar-refractivity contribution in [1.29, 1.82) is 0 Å². The van der Waals surface area contributed by atoms with Gasteiger partial charge in [-0.25, -0.2) is 0 Å². The SMILES string of the molecule is Oc1ccc(C=NCN=Cc2ccc(O)cc2O)c(O)c1. The van der Waals surface area contributed by atoms with Crippen LogP contribution >= 0.6 is 0 Å². The molecule has 0 atom stereocenters. The topological polar surface area (TPSA) is 106 Å². The lowest BCUT2D eigenvalue weighted by Gasteiger charge is -1.99. The van der Waals surface area contributed by atoms with E-state index in [1.165, 1.54) is 48.8 Å². The van der Waals surface area contributed by atoms with Crippen molar-refractivity contribution in [2.75, 3.05) is 6.67 Å². The minimum Gasteiger partial charge on any atom is -0.508 e. The number of phenolic OH excluding ortho intramolecular Hbond substituents is 4. The van der Waals surface area contributed by atoms with Crippen molar-refractivity contribution in [3.63, 3.8) is 0 Å². The summed E-state index contributed by atoms with van der Waals surface area (Å²) in [5.41, 5.74) is 0.936. The first-order valence-electron chi connectivity index (χ1n) is 6.10. The average molecular weight is 286 g/mol. The average Bonchev–Trinajstić information content (AvgIpc) is 2.42. The molecule has 0 fully saturated rings. The molecule has 0 saturated carbocycles. The highest BCUT2D eigenvalue weighted by Gasteiger charge is 1.99. The Morgan fingerprint density at radius 1 is 0.714 bits per heavy atom. The third kappa shape index (κ3) is 3.97. The predicted octanol–water partition coefficient (Wildman–Crippen LogP) is 2.00. The molecule has 2 aromatic carbocycles. The van der Waals surface area contributed by atoms with Gasteiger partial charge >= 0.3 is 0 Å². The molecule has 108 valence electrons. The van der Waals surface area contributed by atoms with E-state index in [1.807, 2.05) is 0 Å². The van der Waals surface area contributed by atoms with E-state index in [9.17, 15) is 10.2 Å². The van der Waals surface area contributed by atoms with Crippen molar-refractivity contribution >= 4 is 12.4 Å². The van der Waals surface area contributed by atoms with Gasteiger partial charge in [-0.2, -0.15) is 0 Å². The maximum Gasteiger partial charge on any atom is 0.129 e. The Labute approximate surface area is 121 Å². The standard InChI is InChI=1S/C15H14N2O4/c18-12-3-1-10(14(20)5-12)7-16-9-17-8-11-2-4-13(19)6-15(11)21/h1-8,18-21H,9H2. The molecule has 0 aliphatic heterocycles. The molecule has 0 unspecified atom stereocenters. The molecule has 0 aromatic heterocycles. The highest BCUT2D eigenvalue weighted by molar-refractivity contribution is 5.85. The first kappa shape index (κ1) is 14.4. The van der Waals surface area contributed by atoms with Gasteiger partial charge in [-0.15, -0.1) is 0 Å². The Bertz CT molecular complexity index is 637. The molecular formula is C15H14N2O4.